The Morgan fingerprint density at radius 1 is 2.00 bits per heavy atom. The van der Waals surface area contributed by atoms with E-state index in [9.17, 15) is 4.39 Å². The Morgan fingerprint density at radius 3 is 2.50 bits per heavy atom. The Morgan fingerprint density at radius 2 is 2.50 bits per heavy atom. The number of alkyl halides is 2. The van der Waals surface area contributed by atoms with Gasteiger partial charge in [-0.3, -0.25) is 0 Å². The fourth-order valence-corrected chi connectivity index (χ4v) is 0.101. The highest BCUT2D eigenvalue weighted by atomic mass is 35.5. The lowest BCUT2D eigenvalue weighted by Crippen LogP contribution is -1.86. The summed E-state index contributed by atoms with van der Waals surface area (Å²) in [6.45, 7) is 0. The summed E-state index contributed by atoms with van der Waals surface area (Å²) < 4.78 is 11.2. The zero-order chi connectivity index (χ0) is 4.99. The van der Waals surface area contributed by atoms with Crippen molar-refractivity contribution in [2.45, 2.75) is 5.63 Å². The first-order chi connectivity index (χ1) is 2.77. The van der Waals surface area contributed by atoms with E-state index in [0.29, 0.717) is 6.21 Å². The predicted octanol–water partition coefficient (Wildman–Crippen LogP) is 0.981. The van der Waals surface area contributed by atoms with Crippen LogP contribution in [0.2, 0.25) is 0 Å². The highest BCUT2D eigenvalue weighted by Gasteiger charge is 1.88. The van der Waals surface area contributed by atoms with Gasteiger partial charge in [0.25, 0.3) is 0 Å². The van der Waals surface area contributed by atoms with Gasteiger partial charge in [0.05, 0.1) is 6.21 Å². The molecule has 0 aliphatic heterocycles. The second kappa shape index (κ2) is 2.90. The Labute approximate surface area is 39.2 Å². The molecule has 1 N–H and O–H groups in total. The molecule has 36 valence electrons. The third-order valence-electron chi connectivity index (χ3n) is 0.179. The molecular weight excluding hydrogens is 108 g/mol. The van der Waals surface area contributed by atoms with E-state index in [4.69, 9.17) is 5.21 Å². The maximum Gasteiger partial charge on any atom is 0.211 e. The third-order valence-corrected chi connectivity index (χ3v) is 0.292. The number of halogens is 2. The fourth-order valence-electron chi connectivity index (χ4n) is 0.0504. The Bertz CT molecular complexity index is 55.5. The van der Waals surface area contributed by atoms with E-state index in [2.05, 4.69) is 16.8 Å². The first kappa shape index (κ1) is 5.69. The van der Waals surface area contributed by atoms with Crippen LogP contribution in [0.5, 0.6) is 0 Å². The molecule has 0 bridgehead atoms. The lowest BCUT2D eigenvalue weighted by atomic mass is 10.8. The van der Waals surface area contributed by atoms with Crippen molar-refractivity contribution in [3.63, 3.8) is 0 Å². The van der Waals surface area contributed by atoms with Crippen LogP contribution in [0.15, 0.2) is 5.16 Å². The van der Waals surface area contributed by atoms with Crippen LogP contribution >= 0.6 is 11.6 Å². The van der Waals surface area contributed by atoms with E-state index in [1.165, 1.54) is 0 Å². The predicted molar refractivity (Wildman–Crippen MR) is 21.0 cm³/mol. The molecule has 0 aromatic carbocycles. The van der Waals surface area contributed by atoms with Gasteiger partial charge in [0.1, 0.15) is 0 Å². The monoisotopic (exact) mass is 111 g/mol. The Kier molecular flexibility index (Phi) is 2.75. The van der Waals surface area contributed by atoms with Crippen molar-refractivity contribution >= 4 is 17.8 Å². The van der Waals surface area contributed by atoms with Crippen LogP contribution in [0.25, 0.3) is 0 Å². The molecule has 0 aliphatic rings. The van der Waals surface area contributed by atoms with Crippen molar-refractivity contribution in [1.82, 2.24) is 0 Å². The molecule has 0 heterocycles. The number of rotatable bonds is 1. The van der Waals surface area contributed by atoms with Crippen LogP contribution in [0.3, 0.4) is 0 Å². The minimum atomic E-state index is -1.67. The van der Waals surface area contributed by atoms with Crippen LogP contribution < -0.4 is 0 Å². The van der Waals surface area contributed by atoms with Crippen molar-refractivity contribution in [3.8, 4) is 0 Å². The summed E-state index contributed by atoms with van der Waals surface area (Å²) in [5, 5.41) is 9.78. The minimum absolute atomic E-state index is 0.571. The molecule has 0 rings (SSSR count). The number of hydrogen-bond acceptors (Lipinski definition) is 2. The molecule has 0 spiro atoms. The molecule has 0 amide bonds. The lowest BCUT2D eigenvalue weighted by Gasteiger charge is -1.77. The molecule has 0 aromatic rings. The topological polar surface area (TPSA) is 32.6 Å². The van der Waals surface area contributed by atoms with Gasteiger partial charge < -0.3 is 5.21 Å². The summed E-state index contributed by atoms with van der Waals surface area (Å²) >= 11 is 4.60. The SMILES string of the molecule is O/N=C/C(F)Cl. The smallest absolute Gasteiger partial charge is 0.211 e. The molecule has 0 fully saturated rings. The van der Waals surface area contributed by atoms with Gasteiger partial charge in [0, 0.05) is 0 Å². The quantitative estimate of drug-likeness (QED) is 0.233. The highest BCUT2D eigenvalue weighted by molar-refractivity contribution is 6.26. The summed E-state index contributed by atoms with van der Waals surface area (Å²) in [5.74, 6) is 0. The van der Waals surface area contributed by atoms with Crippen molar-refractivity contribution in [2.24, 2.45) is 5.16 Å². The zero-order valence-electron chi connectivity index (χ0n) is 2.81. The van der Waals surface area contributed by atoms with Gasteiger partial charge in [-0.05, 0) is 0 Å². The average Bonchev–Trinajstić information content (AvgIpc) is 1.35. The summed E-state index contributed by atoms with van der Waals surface area (Å²) in [6.07, 6.45) is 0.571. The van der Waals surface area contributed by atoms with Gasteiger partial charge in [-0.2, -0.15) is 0 Å². The van der Waals surface area contributed by atoms with Crippen LogP contribution in [0.1, 0.15) is 0 Å². The first-order valence-electron chi connectivity index (χ1n) is 1.23. The fraction of sp³-hybridized carbons (Fsp3) is 0.500. The molecule has 1 atom stereocenters. The Hall–Kier alpha value is -0.310. The van der Waals surface area contributed by atoms with E-state index in [0.717, 1.165) is 0 Å². The molecule has 1 unspecified atom stereocenters. The maximum atomic E-state index is 11.2. The van der Waals surface area contributed by atoms with Crippen LogP contribution in [-0.2, 0) is 0 Å². The van der Waals surface area contributed by atoms with Gasteiger partial charge in [0.15, 0.2) is 0 Å². The summed E-state index contributed by atoms with van der Waals surface area (Å²) in [7, 11) is 0. The number of oxime groups is 1. The van der Waals surface area contributed by atoms with Gasteiger partial charge >= 0.3 is 0 Å². The van der Waals surface area contributed by atoms with E-state index in [-0.39, 0.29) is 0 Å². The van der Waals surface area contributed by atoms with E-state index in [1.807, 2.05) is 0 Å². The van der Waals surface area contributed by atoms with Gasteiger partial charge in [-0.1, -0.05) is 16.8 Å². The summed E-state index contributed by atoms with van der Waals surface area (Å²) in [6, 6.07) is 0. The zero-order valence-corrected chi connectivity index (χ0v) is 3.56. The summed E-state index contributed by atoms with van der Waals surface area (Å²) in [4.78, 5) is 0. The first-order valence-corrected chi connectivity index (χ1v) is 1.66. The maximum absolute atomic E-state index is 11.2. The molecule has 0 aromatic heterocycles. The van der Waals surface area contributed by atoms with Gasteiger partial charge in [-0.15, -0.1) is 0 Å². The van der Waals surface area contributed by atoms with E-state index < -0.39 is 5.63 Å². The molecule has 6 heavy (non-hydrogen) atoms. The standard InChI is InChI=1S/C2H3ClFNO/c3-2(4)1-5-6/h1-2,6H/b5-1+. The number of nitrogens with zero attached hydrogens (tertiary/aromatic N) is 1. The molecule has 0 radical (unpaired) electrons. The van der Waals surface area contributed by atoms with Crippen molar-refractivity contribution < 1.29 is 9.60 Å². The van der Waals surface area contributed by atoms with E-state index >= 15 is 0 Å². The molecular formula is C2H3ClFNO. The normalized spacial score (nSPS) is 15.7. The van der Waals surface area contributed by atoms with E-state index in [1.54, 1.807) is 0 Å². The molecule has 2 nitrogen and oxygen atoms in total. The molecule has 0 saturated carbocycles. The average molecular weight is 112 g/mol. The van der Waals surface area contributed by atoms with Crippen molar-refractivity contribution in [1.29, 1.82) is 0 Å². The molecule has 0 saturated heterocycles. The third kappa shape index (κ3) is 3.69. The number of hydrogen-bond donors (Lipinski definition) is 1. The summed E-state index contributed by atoms with van der Waals surface area (Å²) in [5.41, 5.74) is -1.67. The molecule has 0 aliphatic carbocycles. The van der Waals surface area contributed by atoms with Crippen molar-refractivity contribution in [3.05, 3.63) is 0 Å². The minimum Gasteiger partial charge on any atom is -0.411 e. The van der Waals surface area contributed by atoms with Crippen LogP contribution in [-0.4, -0.2) is 17.1 Å². The van der Waals surface area contributed by atoms with Crippen molar-refractivity contribution in [2.75, 3.05) is 0 Å². The lowest BCUT2D eigenvalue weighted by molar-refractivity contribution is 0.317. The van der Waals surface area contributed by atoms with Crippen LogP contribution in [0.4, 0.5) is 4.39 Å². The van der Waals surface area contributed by atoms with Crippen LogP contribution in [0, 0.1) is 0 Å². The molecule has 4 heteroatoms. The van der Waals surface area contributed by atoms with Gasteiger partial charge in [0.2, 0.25) is 5.63 Å². The second-order valence-electron chi connectivity index (χ2n) is 0.599. The Balaban J connectivity index is 3.03. The largest absolute Gasteiger partial charge is 0.411 e. The van der Waals surface area contributed by atoms with Gasteiger partial charge in [-0.25, -0.2) is 4.39 Å². The highest BCUT2D eigenvalue weighted by Crippen LogP contribution is 1.89. The second-order valence-corrected chi connectivity index (χ2v) is 1.02.